The minimum atomic E-state index is -0.793. The Kier molecular flexibility index (Phi) is 4.43. The maximum Gasteiger partial charge on any atom is 0.305 e. The summed E-state index contributed by atoms with van der Waals surface area (Å²) in [6.45, 7) is 1.96. The van der Waals surface area contributed by atoms with E-state index in [2.05, 4.69) is 12.1 Å². The van der Waals surface area contributed by atoms with Crippen LogP contribution in [-0.2, 0) is 10.3 Å². The molecule has 0 aliphatic heterocycles. The minimum Gasteiger partial charge on any atom is -0.481 e. The quantitative estimate of drug-likeness (QED) is 0.911. The number of carboxylic acid groups (broad SMARTS) is 1. The van der Waals surface area contributed by atoms with Crippen molar-refractivity contribution >= 4 is 5.97 Å². The molecule has 3 nitrogen and oxygen atoms in total. The van der Waals surface area contributed by atoms with Gasteiger partial charge in [0.05, 0.1) is 12.0 Å². The lowest BCUT2D eigenvalue weighted by Crippen LogP contribution is -2.40. The average molecular weight is 283 g/mol. The van der Waals surface area contributed by atoms with Gasteiger partial charge in [0.25, 0.3) is 0 Å². The number of rotatable bonds is 5. The van der Waals surface area contributed by atoms with Gasteiger partial charge in [-0.1, -0.05) is 54.6 Å². The van der Waals surface area contributed by atoms with Crippen molar-refractivity contribution in [2.24, 2.45) is 0 Å². The standard InChI is InChI=1S/C18H21NO2/c1-18(19(2)3,13-17(20)21)16-11-9-15(10-12-16)14-7-5-4-6-8-14/h4-12H,13H2,1-3H3,(H,20,21). The molecule has 2 rings (SSSR count). The average Bonchev–Trinajstić information content (AvgIpc) is 2.47. The smallest absolute Gasteiger partial charge is 0.305 e. The number of carbonyl (C=O) groups is 1. The predicted molar refractivity (Wildman–Crippen MR) is 85.2 cm³/mol. The fraction of sp³-hybridized carbons (Fsp3) is 0.278. The molecule has 1 unspecified atom stereocenters. The van der Waals surface area contributed by atoms with Gasteiger partial charge in [-0.2, -0.15) is 0 Å². The highest BCUT2D eigenvalue weighted by atomic mass is 16.4. The third-order valence-electron chi connectivity index (χ3n) is 4.10. The zero-order valence-electron chi connectivity index (χ0n) is 12.7. The molecule has 0 bridgehead atoms. The Morgan fingerprint density at radius 3 is 2.00 bits per heavy atom. The van der Waals surface area contributed by atoms with Crippen molar-refractivity contribution in [1.29, 1.82) is 0 Å². The maximum atomic E-state index is 11.2. The maximum absolute atomic E-state index is 11.2. The molecule has 1 N–H and O–H groups in total. The summed E-state index contributed by atoms with van der Waals surface area (Å²) in [5.74, 6) is -0.793. The first-order valence-electron chi connectivity index (χ1n) is 6.98. The SMILES string of the molecule is CN(C)C(C)(CC(=O)O)c1ccc(-c2ccccc2)cc1. The van der Waals surface area contributed by atoms with Crippen LogP contribution in [0.25, 0.3) is 11.1 Å². The first kappa shape index (κ1) is 15.3. The molecule has 0 aliphatic carbocycles. The third-order valence-corrected chi connectivity index (χ3v) is 4.10. The highest BCUT2D eigenvalue weighted by Crippen LogP contribution is 2.31. The van der Waals surface area contributed by atoms with Gasteiger partial charge >= 0.3 is 5.97 Å². The lowest BCUT2D eigenvalue weighted by Gasteiger charge is -2.36. The lowest BCUT2D eigenvalue weighted by molar-refractivity contribution is -0.140. The normalized spacial score (nSPS) is 13.9. The predicted octanol–water partition coefficient (Wildman–Crippen LogP) is 3.61. The Hall–Kier alpha value is -2.13. The molecule has 0 aromatic heterocycles. The van der Waals surface area contributed by atoms with Crippen LogP contribution in [0.15, 0.2) is 54.6 Å². The molecule has 21 heavy (non-hydrogen) atoms. The van der Waals surface area contributed by atoms with Gasteiger partial charge in [-0.25, -0.2) is 0 Å². The van der Waals surface area contributed by atoms with Crippen LogP contribution in [0.2, 0.25) is 0 Å². The van der Waals surface area contributed by atoms with Crippen molar-refractivity contribution in [3.8, 4) is 11.1 Å². The molecule has 0 saturated carbocycles. The first-order valence-corrected chi connectivity index (χ1v) is 6.98. The van der Waals surface area contributed by atoms with Crippen LogP contribution in [0.4, 0.5) is 0 Å². The number of benzene rings is 2. The molecule has 0 aliphatic rings. The Labute approximate surface area is 125 Å². The third kappa shape index (κ3) is 3.31. The molecule has 0 spiro atoms. The number of nitrogens with zero attached hydrogens (tertiary/aromatic N) is 1. The molecular formula is C18H21NO2. The van der Waals surface area contributed by atoms with Gasteiger partial charge < -0.3 is 5.11 Å². The summed E-state index contributed by atoms with van der Waals surface area (Å²) in [5.41, 5.74) is 2.79. The van der Waals surface area contributed by atoms with E-state index in [0.29, 0.717) is 0 Å². The van der Waals surface area contributed by atoms with E-state index >= 15 is 0 Å². The fourth-order valence-corrected chi connectivity index (χ4v) is 2.47. The molecule has 0 radical (unpaired) electrons. The Balaban J connectivity index is 2.34. The Bertz CT molecular complexity index is 605. The van der Waals surface area contributed by atoms with E-state index in [-0.39, 0.29) is 6.42 Å². The van der Waals surface area contributed by atoms with Crippen molar-refractivity contribution in [2.75, 3.05) is 14.1 Å². The summed E-state index contributed by atoms with van der Waals surface area (Å²) >= 11 is 0. The van der Waals surface area contributed by atoms with Crippen LogP contribution in [0.3, 0.4) is 0 Å². The number of carboxylic acids is 1. The van der Waals surface area contributed by atoms with Gasteiger partial charge in [-0.3, -0.25) is 9.69 Å². The zero-order valence-corrected chi connectivity index (χ0v) is 12.7. The largest absolute Gasteiger partial charge is 0.481 e. The summed E-state index contributed by atoms with van der Waals surface area (Å²) in [4.78, 5) is 13.1. The second-order valence-corrected chi connectivity index (χ2v) is 5.68. The first-order chi connectivity index (χ1) is 9.93. The Morgan fingerprint density at radius 1 is 1.00 bits per heavy atom. The number of hydrogen-bond acceptors (Lipinski definition) is 2. The summed E-state index contributed by atoms with van der Waals surface area (Å²) in [5, 5.41) is 9.17. The highest BCUT2D eigenvalue weighted by Gasteiger charge is 2.31. The van der Waals surface area contributed by atoms with Gasteiger partial charge in [-0.15, -0.1) is 0 Å². The molecule has 0 fully saturated rings. The van der Waals surface area contributed by atoms with E-state index in [4.69, 9.17) is 5.11 Å². The monoisotopic (exact) mass is 283 g/mol. The van der Waals surface area contributed by atoms with Crippen LogP contribution in [-0.4, -0.2) is 30.1 Å². The minimum absolute atomic E-state index is 0.0741. The van der Waals surface area contributed by atoms with Crippen molar-refractivity contribution in [2.45, 2.75) is 18.9 Å². The highest BCUT2D eigenvalue weighted by molar-refractivity contribution is 5.69. The van der Waals surface area contributed by atoms with Crippen LogP contribution in [0.1, 0.15) is 18.9 Å². The molecule has 110 valence electrons. The van der Waals surface area contributed by atoms with Gasteiger partial charge in [0.1, 0.15) is 0 Å². The van der Waals surface area contributed by atoms with Gasteiger partial charge in [0.2, 0.25) is 0 Å². The zero-order chi connectivity index (χ0) is 15.5. The summed E-state index contributed by atoms with van der Waals surface area (Å²) < 4.78 is 0. The molecule has 2 aromatic rings. The summed E-state index contributed by atoms with van der Waals surface area (Å²) in [6.07, 6.45) is 0.0741. The van der Waals surface area contributed by atoms with Crippen molar-refractivity contribution in [3.63, 3.8) is 0 Å². The second-order valence-electron chi connectivity index (χ2n) is 5.68. The van der Waals surface area contributed by atoms with Gasteiger partial charge in [-0.05, 0) is 37.7 Å². The van der Waals surface area contributed by atoms with Crippen molar-refractivity contribution in [3.05, 3.63) is 60.2 Å². The van der Waals surface area contributed by atoms with E-state index < -0.39 is 11.5 Å². The van der Waals surface area contributed by atoms with Gasteiger partial charge in [0, 0.05) is 0 Å². The fourth-order valence-electron chi connectivity index (χ4n) is 2.47. The van der Waals surface area contributed by atoms with Crippen LogP contribution in [0.5, 0.6) is 0 Å². The molecule has 1 atom stereocenters. The molecular weight excluding hydrogens is 262 g/mol. The molecule has 2 aromatic carbocycles. The van der Waals surface area contributed by atoms with E-state index in [0.717, 1.165) is 16.7 Å². The molecule has 0 heterocycles. The van der Waals surface area contributed by atoms with E-state index in [1.54, 1.807) is 0 Å². The van der Waals surface area contributed by atoms with E-state index in [1.807, 2.05) is 68.4 Å². The number of hydrogen-bond donors (Lipinski definition) is 1. The Morgan fingerprint density at radius 2 is 1.52 bits per heavy atom. The lowest BCUT2D eigenvalue weighted by atomic mass is 9.86. The van der Waals surface area contributed by atoms with Crippen molar-refractivity contribution < 1.29 is 9.90 Å². The molecule has 0 saturated heterocycles. The van der Waals surface area contributed by atoms with E-state index in [9.17, 15) is 4.79 Å². The van der Waals surface area contributed by atoms with E-state index in [1.165, 1.54) is 0 Å². The summed E-state index contributed by atoms with van der Waals surface area (Å²) in [7, 11) is 3.82. The van der Waals surface area contributed by atoms with Crippen LogP contribution in [0, 0.1) is 0 Å². The van der Waals surface area contributed by atoms with Crippen molar-refractivity contribution in [1.82, 2.24) is 4.90 Å². The van der Waals surface area contributed by atoms with Crippen LogP contribution < -0.4 is 0 Å². The topological polar surface area (TPSA) is 40.5 Å². The summed E-state index contributed by atoms with van der Waals surface area (Å²) in [6, 6.07) is 18.3. The number of aliphatic carboxylic acids is 1. The molecule has 0 amide bonds. The second kappa shape index (κ2) is 6.10. The van der Waals surface area contributed by atoms with Gasteiger partial charge in [0.15, 0.2) is 0 Å². The molecule has 3 heteroatoms. The van der Waals surface area contributed by atoms with Crippen LogP contribution >= 0.6 is 0 Å².